The van der Waals surface area contributed by atoms with E-state index in [4.69, 9.17) is 4.74 Å². The topological polar surface area (TPSA) is 81.9 Å². The van der Waals surface area contributed by atoms with Crippen LogP contribution < -0.4 is 5.32 Å². The van der Waals surface area contributed by atoms with Gasteiger partial charge in [-0.3, -0.25) is 14.3 Å². The van der Waals surface area contributed by atoms with Crippen LogP contribution in [0.3, 0.4) is 0 Å². The summed E-state index contributed by atoms with van der Waals surface area (Å²) in [7, 11) is 1.65. The van der Waals surface area contributed by atoms with E-state index in [9.17, 15) is 4.79 Å². The van der Waals surface area contributed by atoms with Crippen LogP contribution in [0, 0.1) is 6.92 Å². The van der Waals surface area contributed by atoms with Gasteiger partial charge in [0, 0.05) is 31.6 Å². The number of thioether (sulfide) groups is 1. The fourth-order valence-corrected chi connectivity index (χ4v) is 3.38. The lowest BCUT2D eigenvalue weighted by Gasteiger charge is -2.10. The molecule has 0 unspecified atom stereocenters. The van der Waals surface area contributed by atoms with E-state index >= 15 is 0 Å². The summed E-state index contributed by atoms with van der Waals surface area (Å²) in [5.41, 5.74) is 3.20. The Labute approximate surface area is 168 Å². The number of amides is 1. The zero-order valence-corrected chi connectivity index (χ0v) is 16.8. The first kappa shape index (κ1) is 20.0. The second kappa shape index (κ2) is 10.0. The zero-order valence-electron chi connectivity index (χ0n) is 16.0. The summed E-state index contributed by atoms with van der Waals surface area (Å²) in [6.45, 7) is 3.69. The molecule has 1 N–H and O–H groups in total. The van der Waals surface area contributed by atoms with Crippen molar-refractivity contribution >= 4 is 17.7 Å². The first-order valence-corrected chi connectivity index (χ1v) is 9.93. The summed E-state index contributed by atoms with van der Waals surface area (Å²) in [6, 6.07) is 11.9. The Kier molecular flexibility index (Phi) is 7.16. The van der Waals surface area contributed by atoms with Crippen molar-refractivity contribution in [2.75, 3.05) is 19.5 Å². The lowest BCUT2D eigenvalue weighted by Crippen LogP contribution is -2.24. The molecule has 1 amide bonds. The lowest BCUT2D eigenvalue weighted by molar-refractivity contribution is -0.118. The van der Waals surface area contributed by atoms with E-state index in [-0.39, 0.29) is 11.7 Å². The largest absolute Gasteiger partial charge is 0.383 e. The fourth-order valence-electron chi connectivity index (χ4n) is 2.58. The van der Waals surface area contributed by atoms with Crippen LogP contribution >= 0.6 is 11.8 Å². The van der Waals surface area contributed by atoms with Gasteiger partial charge in [-0.1, -0.05) is 41.6 Å². The minimum atomic E-state index is -0.0441. The molecule has 0 fully saturated rings. The Bertz CT molecular complexity index is 897. The highest BCUT2D eigenvalue weighted by atomic mass is 32.2. The zero-order chi connectivity index (χ0) is 19.8. The van der Waals surface area contributed by atoms with Gasteiger partial charge < -0.3 is 10.1 Å². The van der Waals surface area contributed by atoms with Gasteiger partial charge in [-0.2, -0.15) is 0 Å². The smallest absolute Gasteiger partial charge is 0.230 e. The molecule has 0 atom stereocenters. The van der Waals surface area contributed by atoms with Crippen molar-refractivity contribution < 1.29 is 9.53 Å². The molecule has 0 radical (unpaired) electrons. The summed E-state index contributed by atoms with van der Waals surface area (Å²) in [5, 5.41) is 12.2. The third-order valence-corrected chi connectivity index (χ3v) is 5.08. The van der Waals surface area contributed by atoms with Crippen LogP contribution in [0.15, 0.2) is 53.9 Å². The number of rotatable bonds is 9. The van der Waals surface area contributed by atoms with Crippen molar-refractivity contribution in [1.82, 2.24) is 25.1 Å². The number of nitrogens with one attached hydrogen (secondary N) is 1. The third-order valence-electron chi connectivity index (χ3n) is 4.12. The van der Waals surface area contributed by atoms with E-state index in [1.807, 2.05) is 47.9 Å². The average molecular weight is 398 g/mol. The Morgan fingerprint density at radius 3 is 2.61 bits per heavy atom. The molecular formula is C20H23N5O2S. The van der Waals surface area contributed by atoms with Crippen molar-refractivity contribution in [3.05, 3.63) is 59.9 Å². The lowest BCUT2D eigenvalue weighted by atomic mass is 10.1. The summed E-state index contributed by atoms with van der Waals surface area (Å²) >= 11 is 1.36. The Morgan fingerprint density at radius 1 is 1.14 bits per heavy atom. The molecule has 2 heterocycles. The Hall–Kier alpha value is -2.71. The summed E-state index contributed by atoms with van der Waals surface area (Å²) in [6.07, 6.45) is 3.44. The highest BCUT2D eigenvalue weighted by molar-refractivity contribution is 7.99. The molecule has 0 aliphatic heterocycles. The highest BCUT2D eigenvalue weighted by Gasteiger charge is 2.15. The maximum absolute atomic E-state index is 12.2. The minimum absolute atomic E-state index is 0.0441. The Morgan fingerprint density at radius 2 is 1.89 bits per heavy atom. The summed E-state index contributed by atoms with van der Waals surface area (Å²) in [5.74, 6) is 0.965. The number of carbonyl (C=O) groups excluding carboxylic acids is 1. The van der Waals surface area contributed by atoms with Crippen molar-refractivity contribution in [3.8, 4) is 11.4 Å². The molecule has 0 saturated carbocycles. The minimum Gasteiger partial charge on any atom is -0.383 e. The monoisotopic (exact) mass is 397 g/mol. The molecule has 2 aromatic heterocycles. The van der Waals surface area contributed by atoms with Crippen LogP contribution in [0.2, 0.25) is 0 Å². The number of nitrogens with zero attached hydrogens (tertiary/aromatic N) is 4. The van der Waals surface area contributed by atoms with Crippen LogP contribution in [-0.4, -0.2) is 45.1 Å². The third kappa shape index (κ3) is 5.40. The van der Waals surface area contributed by atoms with E-state index in [1.54, 1.807) is 19.5 Å². The van der Waals surface area contributed by atoms with Gasteiger partial charge in [0.15, 0.2) is 11.0 Å². The molecule has 28 heavy (non-hydrogen) atoms. The van der Waals surface area contributed by atoms with Gasteiger partial charge in [-0.15, -0.1) is 10.2 Å². The molecule has 1 aromatic carbocycles. The molecule has 0 spiro atoms. The van der Waals surface area contributed by atoms with Crippen molar-refractivity contribution in [2.45, 2.75) is 25.2 Å². The van der Waals surface area contributed by atoms with Gasteiger partial charge in [-0.25, -0.2) is 0 Å². The predicted molar refractivity (Wildman–Crippen MR) is 109 cm³/mol. The molecule has 3 aromatic rings. The standard InChI is InChI=1S/C20H23N5O2S/c1-15-3-5-16(6-4-15)13-22-18(26)14-28-20-24-23-19(25(20)11-12-27-2)17-7-9-21-10-8-17/h3-10H,11-14H2,1-2H3,(H,22,26). The molecule has 0 bridgehead atoms. The molecular weight excluding hydrogens is 374 g/mol. The summed E-state index contributed by atoms with van der Waals surface area (Å²) in [4.78, 5) is 16.3. The molecule has 146 valence electrons. The molecule has 8 heteroatoms. The van der Waals surface area contributed by atoms with Crippen molar-refractivity contribution in [2.24, 2.45) is 0 Å². The quantitative estimate of drug-likeness (QED) is 0.559. The summed E-state index contributed by atoms with van der Waals surface area (Å²) < 4.78 is 7.17. The van der Waals surface area contributed by atoms with Crippen LogP contribution in [0.5, 0.6) is 0 Å². The van der Waals surface area contributed by atoms with Gasteiger partial charge in [-0.05, 0) is 24.6 Å². The van der Waals surface area contributed by atoms with Crippen molar-refractivity contribution in [1.29, 1.82) is 0 Å². The van der Waals surface area contributed by atoms with E-state index < -0.39 is 0 Å². The number of aryl methyl sites for hydroxylation is 1. The second-order valence-corrected chi connectivity index (χ2v) is 7.18. The number of aromatic nitrogens is 4. The van der Waals surface area contributed by atoms with E-state index in [0.717, 1.165) is 17.0 Å². The number of benzene rings is 1. The van der Waals surface area contributed by atoms with Crippen LogP contribution in [0.25, 0.3) is 11.4 Å². The number of hydrogen-bond acceptors (Lipinski definition) is 6. The van der Waals surface area contributed by atoms with E-state index in [0.29, 0.717) is 24.9 Å². The molecule has 0 saturated heterocycles. The predicted octanol–water partition coefficient (Wildman–Crippen LogP) is 2.70. The van der Waals surface area contributed by atoms with Gasteiger partial charge in [0.25, 0.3) is 0 Å². The second-order valence-electron chi connectivity index (χ2n) is 6.24. The number of ether oxygens (including phenoxy) is 1. The van der Waals surface area contributed by atoms with Gasteiger partial charge in [0.05, 0.1) is 18.9 Å². The fraction of sp³-hybridized carbons (Fsp3) is 0.300. The first-order valence-electron chi connectivity index (χ1n) is 8.95. The highest BCUT2D eigenvalue weighted by Crippen LogP contribution is 2.23. The maximum atomic E-state index is 12.2. The molecule has 3 rings (SSSR count). The van der Waals surface area contributed by atoms with Crippen LogP contribution in [0.1, 0.15) is 11.1 Å². The number of pyridine rings is 1. The van der Waals surface area contributed by atoms with Crippen LogP contribution in [0.4, 0.5) is 0 Å². The van der Waals surface area contributed by atoms with Crippen molar-refractivity contribution in [3.63, 3.8) is 0 Å². The normalized spacial score (nSPS) is 10.8. The van der Waals surface area contributed by atoms with Gasteiger partial charge in [0.2, 0.25) is 5.91 Å². The van der Waals surface area contributed by atoms with E-state index in [1.165, 1.54) is 17.3 Å². The van der Waals surface area contributed by atoms with Gasteiger partial charge >= 0.3 is 0 Å². The van der Waals surface area contributed by atoms with Crippen LogP contribution in [-0.2, 0) is 22.6 Å². The number of hydrogen-bond donors (Lipinski definition) is 1. The van der Waals surface area contributed by atoms with E-state index in [2.05, 4.69) is 20.5 Å². The SMILES string of the molecule is COCCn1c(SCC(=O)NCc2ccc(C)cc2)nnc1-c1ccncc1. The van der Waals surface area contributed by atoms with Gasteiger partial charge in [0.1, 0.15) is 0 Å². The average Bonchev–Trinajstić information content (AvgIpc) is 3.13. The first-order chi connectivity index (χ1) is 13.7. The molecule has 0 aliphatic carbocycles. The molecule has 7 nitrogen and oxygen atoms in total. The maximum Gasteiger partial charge on any atom is 0.230 e. The molecule has 0 aliphatic rings. The Balaban J connectivity index is 1.62. The number of carbonyl (C=O) groups is 1. The number of methoxy groups -OCH3 is 1.